The molecular formula is C17H11ClF6N4. The van der Waals surface area contributed by atoms with E-state index in [-0.39, 0.29) is 23.2 Å². The molecule has 148 valence electrons. The summed E-state index contributed by atoms with van der Waals surface area (Å²) in [7, 11) is 1.42. The molecule has 0 fully saturated rings. The topological polar surface area (TPSA) is 43.6 Å². The van der Waals surface area contributed by atoms with Crippen molar-refractivity contribution >= 4 is 11.6 Å². The lowest BCUT2D eigenvalue weighted by Gasteiger charge is -2.12. The molecule has 3 aromatic rings. The summed E-state index contributed by atoms with van der Waals surface area (Å²) in [4.78, 5) is 10.6. The van der Waals surface area contributed by atoms with E-state index in [1.165, 1.54) is 35.9 Å². The first-order chi connectivity index (χ1) is 12.9. The molecule has 0 aliphatic rings. The van der Waals surface area contributed by atoms with Gasteiger partial charge in [0.1, 0.15) is 5.82 Å². The van der Waals surface area contributed by atoms with Crippen LogP contribution in [0.3, 0.4) is 0 Å². The van der Waals surface area contributed by atoms with Gasteiger partial charge >= 0.3 is 12.4 Å². The molecule has 0 unspecified atom stereocenters. The zero-order valence-corrected chi connectivity index (χ0v) is 14.9. The lowest BCUT2D eigenvalue weighted by atomic mass is 10.0. The largest absolute Gasteiger partial charge is 0.434 e. The second kappa shape index (κ2) is 7.08. The van der Waals surface area contributed by atoms with Gasteiger partial charge in [0.05, 0.1) is 11.3 Å². The van der Waals surface area contributed by atoms with Crippen LogP contribution in [0.2, 0.25) is 5.28 Å². The maximum Gasteiger partial charge on any atom is 0.434 e. The number of imidazole rings is 1. The van der Waals surface area contributed by atoms with Gasteiger partial charge in [-0.1, -0.05) is 24.3 Å². The molecule has 0 N–H and O–H groups in total. The predicted octanol–water partition coefficient (Wildman–Crippen LogP) is 5.16. The third-order valence-corrected chi connectivity index (χ3v) is 4.08. The molecule has 0 radical (unpaired) electrons. The minimum absolute atomic E-state index is 0.0833. The van der Waals surface area contributed by atoms with Crippen LogP contribution in [0.5, 0.6) is 0 Å². The monoisotopic (exact) mass is 420 g/mol. The molecule has 2 aromatic heterocycles. The van der Waals surface area contributed by atoms with Crippen LogP contribution in [0.15, 0.2) is 36.7 Å². The molecule has 0 amide bonds. The van der Waals surface area contributed by atoms with Gasteiger partial charge in [-0.25, -0.2) is 15.0 Å². The highest BCUT2D eigenvalue weighted by atomic mass is 35.5. The van der Waals surface area contributed by atoms with E-state index in [4.69, 9.17) is 11.6 Å². The average molecular weight is 421 g/mol. The van der Waals surface area contributed by atoms with Gasteiger partial charge in [-0.15, -0.1) is 0 Å². The van der Waals surface area contributed by atoms with Crippen molar-refractivity contribution in [3.05, 3.63) is 64.5 Å². The Bertz CT molecular complexity index is 992. The zero-order valence-electron chi connectivity index (χ0n) is 14.1. The minimum atomic E-state index is -4.64. The Balaban J connectivity index is 1.89. The van der Waals surface area contributed by atoms with E-state index in [2.05, 4.69) is 15.0 Å². The molecule has 0 atom stereocenters. The van der Waals surface area contributed by atoms with Crippen LogP contribution in [0, 0.1) is 0 Å². The van der Waals surface area contributed by atoms with Crippen LogP contribution < -0.4 is 0 Å². The van der Waals surface area contributed by atoms with E-state index < -0.39 is 23.6 Å². The summed E-state index contributed by atoms with van der Waals surface area (Å²) < 4.78 is 78.8. The molecule has 0 bridgehead atoms. The number of hydrogen-bond acceptors (Lipinski definition) is 3. The van der Waals surface area contributed by atoms with Crippen LogP contribution in [0.1, 0.15) is 22.5 Å². The smallest absolute Gasteiger partial charge is 0.333 e. The van der Waals surface area contributed by atoms with Crippen molar-refractivity contribution in [1.82, 2.24) is 19.5 Å². The number of nitrogens with zero attached hydrogens (tertiary/aromatic N) is 4. The molecule has 3 rings (SSSR count). The Morgan fingerprint density at radius 3 is 2.14 bits per heavy atom. The van der Waals surface area contributed by atoms with Crippen molar-refractivity contribution in [3.8, 4) is 11.4 Å². The molecule has 0 aliphatic heterocycles. The lowest BCUT2D eigenvalue weighted by Crippen LogP contribution is -2.12. The maximum atomic E-state index is 13.1. The van der Waals surface area contributed by atoms with Crippen LogP contribution in [0.4, 0.5) is 26.3 Å². The summed E-state index contributed by atoms with van der Waals surface area (Å²) >= 11 is 5.60. The van der Waals surface area contributed by atoms with Gasteiger partial charge in [0.2, 0.25) is 5.28 Å². The highest BCUT2D eigenvalue weighted by Gasteiger charge is 2.35. The highest BCUT2D eigenvalue weighted by Crippen LogP contribution is 2.33. The first kappa shape index (κ1) is 20.1. The van der Waals surface area contributed by atoms with Crippen molar-refractivity contribution in [2.75, 3.05) is 0 Å². The second-order valence-electron chi connectivity index (χ2n) is 5.93. The molecule has 0 saturated heterocycles. The molecule has 0 aliphatic carbocycles. The Morgan fingerprint density at radius 2 is 1.61 bits per heavy atom. The van der Waals surface area contributed by atoms with Crippen molar-refractivity contribution in [1.29, 1.82) is 0 Å². The third-order valence-electron chi connectivity index (χ3n) is 3.89. The van der Waals surface area contributed by atoms with Gasteiger partial charge in [0.25, 0.3) is 0 Å². The molecule has 0 saturated carbocycles. The van der Waals surface area contributed by atoms with E-state index in [1.807, 2.05) is 0 Å². The summed E-state index contributed by atoms with van der Waals surface area (Å²) in [6.45, 7) is 0. The van der Waals surface area contributed by atoms with E-state index in [0.29, 0.717) is 17.3 Å². The van der Waals surface area contributed by atoms with E-state index in [0.717, 1.165) is 6.20 Å². The van der Waals surface area contributed by atoms with Crippen LogP contribution in [-0.4, -0.2) is 19.5 Å². The van der Waals surface area contributed by atoms with Crippen LogP contribution >= 0.6 is 11.6 Å². The second-order valence-corrected chi connectivity index (χ2v) is 6.27. The van der Waals surface area contributed by atoms with Gasteiger partial charge in [-0.3, -0.25) is 0 Å². The normalized spacial score (nSPS) is 12.4. The van der Waals surface area contributed by atoms with Crippen LogP contribution in [0.25, 0.3) is 11.4 Å². The average Bonchev–Trinajstić information content (AvgIpc) is 2.97. The maximum absolute atomic E-state index is 13.1. The zero-order chi connectivity index (χ0) is 20.7. The van der Waals surface area contributed by atoms with Crippen molar-refractivity contribution < 1.29 is 26.3 Å². The predicted molar refractivity (Wildman–Crippen MR) is 88.5 cm³/mol. The fraction of sp³-hybridized carbons (Fsp3) is 0.235. The van der Waals surface area contributed by atoms with Gasteiger partial charge in [-0.05, 0) is 17.2 Å². The van der Waals surface area contributed by atoms with Crippen LogP contribution in [-0.2, 0) is 25.8 Å². The summed E-state index contributed by atoms with van der Waals surface area (Å²) in [6.07, 6.45) is -7.91. The Morgan fingerprint density at radius 1 is 0.964 bits per heavy atom. The molecule has 28 heavy (non-hydrogen) atoms. The van der Waals surface area contributed by atoms with Crippen molar-refractivity contribution in [2.24, 2.45) is 7.05 Å². The number of benzene rings is 1. The molecule has 2 heterocycles. The Kier molecular flexibility index (Phi) is 5.09. The summed E-state index contributed by atoms with van der Waals surface area (Å²) in [5.41, 5.74) is -1.47. The molecule has 1 aromatic carbocycles. The number of rotatable bonds is 3. The number of hydrogen-bond donors (Lipinski definition) is 0. The fourth-order valence-corrected chi connectivity index (χ4v) is 2.75. The van der Waals surface area contributed by atoms with Crippen molar-refractivity contribution in [2.45, 2.75) is 18.8 Å². The van der Waals surface area contributed by atoms with Crippen molar-refractivity contribution in [3.63, 3.8) is 0 Å². The lowest BCUT2D eigenvalue weighted by molar-refractivity contribution is -0.141. The van der Waals surface area contributed by atoms with E-state index in [1.54, 1.807) is 0 Å². The summed E-state index contributed by atoms with van der Waals surface area (Å²) in [5.74, 6) is 0.0833. The number of aryl methyl sites for hydroxylation is 1. The fourth-order valence-electron chi connectivity index (χ4n) is 2.60. The molecule has 0 spiro atoms. The van der Waals surface area contributed by atoms with Gasteiger partial charge in [0, 0.05) is 31.4 Å². The van der Waals surface area contributed by atoms with Gasteiger partial charge in [0.15, 0.2) is 5.69 Å². The third kappa shape index (κ3) is 4.27. The Hall–Kier alpha value is -2.62. The number of halogens is 7. The first-order valence-electron chi connectivity index (χ1n) is 7.73. The first-order valence-corrected chi connectivity index (χ1v) is 8.11. The quantitative estimate of drug-likeness (QED) is 0.434. The summed E-state index contributed by atoms with van der Waals surface area (Å²) in [6, 6.07) is 5.95. The minimum Gasteiger partial charge on any atom is -0.333 e. The molecular weight excluding hydrogens is 410 g/mol. The summed E-state index contributed by atoms with van der Waals surface area (Å²) in [5, 5.41) is -0.313. The van der Waals surface area contributed by atoms with E-state index in [9.17, 15) is 26.3 Å². The molecule has 4 nitrogen and oxygen atoms in total. The van der Waals surface area contributed by atoms with E-state index >= 15 is 0 Å². The van der Waals surface area contributed by atoms with Gasteiger partial charge in [-0.2, -0.15) is 26.3 Å². The molecule has 11 heteroatoms. The SMILES string of the molecule is Cn1cc(C(F)(F)F)nc1-c1ccc(Cc2nc(Cl)ncc2C(F)(F)F)cc1. The number of aromatic nitrogens is 4. The Labute approximate surface area is 159 Å². The van der Waals surface area contributed by atoms with Gasteiger partial charge < -0.3 is 4.57 Å². The standard InChI is InChI=1S/C17H11ClF6N4/c1-28-8-13(17(22,23)24)27-14(28)10-4-2-9(3-5-10)6-12-11(16(19,20)21)7-25-15(18)26-12/h2-5,7-8H,6H2,1H3. The highest BCUT2D eigenvalue weighted by molar-refractivity contribution is 6.28. The number of alkyl halides is 6.